The van der Waals surface area contributed by atoms with Crippen LogP contribution in [0, 0.1) is 12.8 Å². The largest absolute Gasteiger partial charge is 0.497 e. The summed E-state index contributed by atoms with van der Waals surface area (Å²) < 4.78 is 11.1. The van der Waals surface area contributed by atoms with E-state index in [2.05, 4.69) is 36.1 Å². The zero-order valence-electron chi connectivity index (χ0n) is 19.5. The number of rotatable bonds is 8. The van der Waals surface area contributed by atoms with Gasteiger partial charge >= 0.3 is 0 Å². The Morgan fingerprint density at radius 1 is 1.06 bits per heavy atom. The van der Waals surface area contributed by atoms with E-state index in [4.69, 9.17) is 9.47 Å². The van der Waals surface area contributed by atoms with Crippen LogP contribution >= 0.6 is 0 Å². The van der Waals surface area contributed by atoms with Crippen molar-refractivity contribution in [1.82, 2.24) is 9.80 Å². The lowest BCUT2D eigenvalue weighted by Crippen LogP contribution is -2.43. The Labute approximate surface area is 192 Å². The summed E-state index contributed by atoms with van der Waals surface area (Å²) in [6.45, 7) is 7.69. The maximum Gasteiger partial charge on any atom is 0.253 e. The fraction of sp³-hybridized carbons (Fsp3) is 0.519. The maximum atomic E-state index is 13.4. The molecule has 172 valence electrons. The minimum Gasteiger partial charge on any atom is -0.497 e. The van der Waals surface area contributed by atoms with Gasteiger partial charge in [-0.2, -0.15) is 0 Å². The zero-order chi connectivity index (χ0) is 22.3. The second-order valence-electron chi connectivity index (χ2n) is 9.22. The number of methoxy groups -OCH3 is 1. The van der Waals surface area contributed by atoms with Crippen molar-refractivity contribution >= 4 is 5.91 Å². The Morgan fingerprint density at radius 3 is 2.47 bits per heavy atom. The van der Waals surface area contributed by atoms with Crippen LogP contribution in [0.25, 0.3) is 0 Å². The fourth-order valence-corrected chi connectivity index (χ4v) is 4.86. The molecular formula is C27H36N2O3. The summed E-state index contributed by atoms with van der Waals surface area (Å²) >= 11 is 0. The lowest BCUT2D eigenvalue weighted by molar-refractivity contribution is 0.0444. The van der Waals surface area contributed by atoms with Crippen molar-refractivity contribution < 1.29 is 14.3 Å². The molecule has 32 heavy (non-hydrogen) atoms. The van der Waals surface area contributed by atoms with Gasteiger partial charge in [-0.25, -0.2) is 0 Å². The highest BCUT2D eigenvalue weighted by Crippen LogP contribution is 2.24. The van der Waals surface area contributed by atoms with Gasteiger partial charge in [-0.05, 0) is 87.0 Å². The van der Waals surface area contributed by atoms with Gasteiger partial charge in [-0.1, -0.05) is 24.3 Å². The number of piperidine rings is 1. The highest BCUT2D eigenvalue weighted by atomic mass is 16.5. The summed E-state index contributed by atoms with van der Waals surface area (Å²) in [5.41, 5.74) is 3.50. The van der Waals surface area contributed by atoms with Crippen LogP contribution in [0.2, 0.25) is 0 Å². The number of hydrogen-bond donors (Lipinski definition) is 0. The van der Waals surface area contributed by atoms with Crippen molar-refractivity contribution in [3.8, 4) is 5.75 Å². The van der Waals surface area contributed by atoms with E-state index in [1.807, 2.05) is 29.2 Å². The van der Waals surface area contributed by atoms with Gasteiger partial charge in [0.05, 0.1) is 13.2 Å². The van der Waals surface area contributed by atoms with Crippen molar-refractivity contribution in [2.75, 3.05) is 39.9 Å². The standard InChI is InChI=1S/C27H36N2O3/c1-21-6-3-4-7-24(21)19-28-15-13-22(14-16-28)18-29(20-26-8-5-17-32-26)27(30)23-9-11-25(31-2)12-10-23/h3-4,6-7,9-12,22,26H,5,8,13-20H2,1-2H3/t26-/m0/s1. The molecule has 1 atom stereocenters. The minimum absolute atomic E-state index is 0.102. The van der Waals surface area contributed by atoms with Crippen LogP contribution in [0.1, 0.15) is 47.2 Å². The molecule has 0 saturated carbocycles. The topological polar surface area (TPSA) is 42.0 Å². The molecule has 4 rings (SSSR count). The molecule has 2 aromatic rings. The molecule has 2 aliphatic rings. The molecule has 0 aliphatic carbocycles. The Morgan fingerprint density at radius 2 is 1.81 bits per heavy atom. The quantitative estimate of drug-likeness (QED) is 0.609. The first-order chi connectivity index (χ1) is 15.6. The van der Waals surface area contributed by atoms with Gasteiger partial charge in [-0.3, -0.25) is 9.69 Å². The number of nitrogens with zero attached hydrogens (tertiary/aromatic N) is 2. The number of likely N-dealkylation sites (tertiary alicyclic amines) is 1. The summed E-state index contributed by atoms with van der Waals surface area (Å²) in [5.74, 6) is 1.41. The molecule has 0 bridgehead atoms. The van der Waals surface area contributed by atoms with Crippen molar-refractivity contribution in [3.63, 3.8) is 0 Å². The van der Waals surface area contributed by atoms with Crippen molar-refractivity contribution in [2.45, 2.75) is 45.3 Å². The van der Waals surface area contributed by atoms with Gasteiger partial charge in [0.2, 0.25) is 0 Å². The second-order valence-corrected chi connectivity index (χ2v) is 9.22. The summed E-state index contributed by atoms with van der Waals surface area (Å²) in [4.78, 5) is 18.0. The lowest BCUT2D eigenvalue weighted by Gasteiger charge is -2.36. The first kappa shape index (κ1) is 22.8. The summed E-state index contributed by atoms with van der Waals surface area (Å²) in [7, 11) is 1.64. The van der Waals surface area contributed by atoms with Gasteiger partial charge in [0.1, 0.15) is 5.75 Å². The molecule has 2 heterocycles. The zero-order valence-corrected chi connectivity index (χ0v) is 19.5. The molecule has 2 fully saturated rings. The molecule has 0 spiro atoms. The minimum atomic E-state index is 0.102. The predicted octanol–water partition coefficient (Wildman–Crippen LogP) is 4.54. The normalized spacial score (nSPS) is 19.8. The molecule has 2 saturated heterocycles. The molecule has 2 aromatic carbocycles. The first-order valence-electron chi connectivity index (χ1n) is 11.9. The van der Waals surface area contributed by atoms with E-state index in [-0.39, 0.29) is 12.0 Å². The second kappa shape index (κ2) is 11.0. The number of hydrogen-bond acceptors (Lipinski definition) is 4. The van der Waals surface area contributed by atoms with Crippen molar-refractivity contribution in [2.24, 2.45) is 5.92 Å². The van der Waals surface area contributed by atoms with E-state index < -0.39 is 0 Å². The van der Waals surface area contributed by atoms with Crippen LogP contribution < -0.4 is 4.74 Å². The molecule has 5 heteroatoms. The number of carbonyl (C=O) groups is 1. The third-order valence-corrected chi connectivity index (χ3v) is 6.91. The van der Waals surface area contributed by atoms with Crippen LogP contribution in [-0.2, 0) is 11.3 Å². The highest BCUT2D eigenvalue weighted by Gasteiger charge is 2.28. The van der Waals surface area contributed by atoms with Crippen LogP contribution in [0.15, 0.2) is 48.5 Å². The highest BCUT2D eigenvalue weighted by molar-refractivity contribution is 5.94. The first-order valence-corrected chi connectivity index (χ1v) is 11.9. The van der Waals surface area contributed by atoms with E-state index in [9.17, 15) is 4.79 Å². The molecule has 5 nitrogen and oxygen atoms in total. The molecule has 0 N–H and O–H groups in total. The summed E-state index contributed by atoms with van der Waals surface area (Å²) in [6, 6.07) is 16.1. The van der Waals surface area contributed by atoms with E-state index in [0.29, 0.717) is 12.5 Å². The molecule has 1 amide bonds. The van der Waals surface area contributed by atoms with Crippen LogP contribution in [0.4, 0.5) is 0 Å². The Kier molecular flexibility index (Phi) is 7.82. The van der Waals surface area contributed by atoms with Gasteiger partial charge < -0.3 is 14.4 Å². The SMILES string of the molecule is COc1ccc(C(=O)N(CC2CCN(Cc3ccccc3C)CC2)C[C@@H]2CCCO2)cc1. The van der Waals surface area contributed by atoms with Crippen LogP contribution in [0.5, 0.6) is 5.75 Å². The van der Waals surface area contributed by atoms with Crippen molar-refractivity contribution in [3.05, 3.63) is 65.2 Å². The third kappa shape index (κ3) is 5.90. The number of ether oxygens (including phenoxy) is 2. The molecule has 0 unspecified atom stereocenters. The van der Waals surface area contributed by atoms with Gasteiger partial charge in [0, 0.05) is 31.8 Å². The maximum absolute atomic E-state index is 13.4. The number of benzene rings is 2. The van der Waals surface area contributed by atoms with Crippen molar-refractivity contribution in [1.29, 1.82) is 0 Å². The van der Waals surface area contributed by atoms with E-state index in [1.54, 1.807) is 7.11 Å². The fourth-order valence-electron chi connectivity index (χ4n) is 4.86. The van der Waals surface area contributed by atoms with Crippen LogP contribution in [-0.4, -0.2) is 61.7 Å². The monoisotopic (exact) mass is 436 g/mol. The lowest BCUT2D eigenvalue weighted by atomic mass is 9.95. The molecular weight excluding hydrogens is 400 g/mol. The molecule has 0 aromatic heterocycles. The van der Waals surface area contributed by atoms with Crippen LogP contribution in [0.3, 0.4) is 0 Å². The number of amides is 1. The Balaban J connectivity index is 1.36. The average molecular weight is 437 g/mol. The number of aryl methyl sites for hydroxylation is 1. The third-order valence-electron chi connectivity index (χ3n) is 6.91. The average Bonchev–Trinajstić information content (AvgIpc) is 3.34. The Bertz CT molecular complexity index is 869. The predicted molar refractivity (Wildman–Crippen MR) is 127 cm³/mol. The number of carbonyl (C=O) groups excluding carboxylic acids is 1. The smallest absolute Gasteiger partial charge is 0.253 e. The van der Waals surface area contributed by atoms with Gasteiger partial charge in [-0.15, -0.1) is 0 Å². The molecule has 0 radical (unpaired) electrons. The van der Waals surface area contributed by atoms with E-state index in [0.717, 1.165) is 69.8 Å². The molecule has 2 aliphatic heterocycles. The summed E-state index contributed by atoms with van der Waals surface area (Å²) in [6.07, 6.45) is 4.56. The van der Waals surface area contributed by atoms with Gasteiger partial charge in [0.25, 0.3) is 5.91 Å². The van der Waals surface area contributed by atoms with Gasteiger partial charge in [0.15, 0.2) is 0 Å². The summed E-state index contributed by atoms with van der Waals surface area (Å²) in [5, 5.41) is 0. The van der Waals surface area contributed by atoms with E-state index >= 15 is 0 Å². The Hall–Kier alpha value is -2.37. The van der Waals surface area contributed by atoms with E-state index in [1.165, 1.54) is 11.1 Å².